The quantitative estimate of drug-likeness (QED) is 0.731. The molecule has 0 saturated heterocycles. The van der Waals surface area contributed by atoms with Gasteiger partial charge in [-0.2, -0.15) is 0 Å². The molecule has 4 heteroatoms. The summed E-state index contributed by atoms with van der Waals surface area (Å²) in [4.78, 5) is 14.8. The lowest BCUT2D eigenvalue weighted by molar-refractivity contribution is -0.133. The van der Waals surface area contributed by atoms with Crippen molar-refractivity contribution in [2.24, 2.45) is 23.0 Å². The molecule has 19 heavy (non-hydrogen) atoms. The highest BCUT2D eigenvalue weighted by Crippen LogP contribution is 2.28. The second-order valence-electron chi connectivity index (χ2n) is 6.92. The van der Waals surface area contributed by atoms with Crippen molar-refractivity contribution >= 4 is 23.1 Å². The maximum atomic E-state index is 12.4. The number of thiocarbonyl (C=S) groups is 1. The molecule has 0 radical (unpaired) electrons. The Labute approximate surface area is 123 Å². The van der Waals surface area contributed by atoms with Crippen LogP contribution in [0.4, 0.5) is 0 Å². The summed E-state index contributed by atoms with van der Waals surface area (Å²) in [7, 11) is 0. The minimum Gasteiger partial charge on any atom is -0.393 e. The molecule has 0 aromatic rings. The van der Waals surface area contributed by atoms with Gasteiger partial charge in [-0.15, -0.1) is 0 Å². The van der Waals surface area contributed by atoms with E-state index in [0.29, 0.717) is 36.2 Å². The topological polar surface area (TPSA) is 46.3 Å². The number of hydrogen-bond donors (Lipinski definition) is 1. The standard InChI is InChI=1S/C15H30N2OS/c1-11(2)10-17(8-7-13(16)19)14(18)9-12(3)15(4,5)6/h11-12H,7-10H2,1-6H3,(H2,16,19). The molecule has 0 aliphatic carbocycles. The molecule has 0 fully saturated rings. The Balaban J connectivity index is 4.57. The maximum Gasteiger partial charge on any atom is 0.222 e. The Morgan fingerprint density at radius 2 is 1.79 bits per heavy atom. The van der Waals surface area contributed by atoms with Crippen LogP contribution in [0.5, 0.6) is 0 Å². The van der Waals surface area contributed by atoms with Crippen molar-refractivity contribution in [2.75, 3.05) is 13.1 Å². The predicted octanol–water partition coefficient (Wildman–Crippen LogP) is 3.22. The highest BCUT2D eigenvalue weighted by atomic mass is 32.1. The van der Waals surface area contributed by atoms with Gasteiger partial charge in [-0.1, -0.05) is 53.8 Å². The van der Waals surface area contributed by atoms with Gasteiger partial charge < -0.3 is 10.6 Å². The van der Waals surface area contributed by atoms with Crippen LogP contribution < -0.4 is 5.73 Å². The Hall–Kier alpha value is -0.640. The number of nitrogens with two attached hydrogens (primary N) is 1. The van der Waals surface area contributed by atoms with Gasteiger partial charge in [0.15, 0.2) is 0 Å². The van der Waals surface area contributed by atoms with Crippen LogP contribution in [0.2, 0.25) is 0 Å². The monoisotopic (exact) mass is 286 g/mol. The van der Waals surface area contributed by atoms with Gasteiger partial charge in [0, 0.05) is 25.9 Å². The van der Waals surface area contributed by atoms with Crippen molar-refractivity contribution < 1.29 is 4.79 Å². The molecule has 2 N–H and O–H groups in total. The molecule has 0 aliphatic heterocycles. The summed E-state index contributed by atoms with van der Waals surface area (Å²) in [5.74, 6) is 1.03. The SMILES string of the molecule is CC(C)CN(CCC(N)=S)C(=O)CC(C)C(C)(C)C. The van der Waals surface area contributed by atoms with Crippen LogP contribution in [0.1, 0.15) is 54.4 Å². The Morgan fingerprint density at radius 3 is 2.16 bits per heavy atom. The van der Waals surface area contributed by atoms with Crippen LogP contribution in [0, 0.1) is 17.3 Å². The smallest absolute Gasteiger partial charge is 0.222 e. The van der Waals surface area contributed by atoms with E-state index in [1.807, 2.05) is 4.90 Å². The van der Waals surface area contributed by atoms with Crippen LogP contribution in [0.3, 0.4) is 0 Å². The number of rotatable bonds is 7. The van der Waals surface area contributed by atoms with Gasteiger partial charge in [-0.05, 0) is 17.3 Å². The fourth-order valence-electron chi connectivity index (χ4n) is 1.70. The molecule has 1 atom stereocenters. The van der Waals surface area contributed by atoms with Crippen LogP contribution in [0.15, 0.2) is 0 Å². The summed E-state index contributed by atoms with van der Waals surface area (Å²) in [6.45, 7) is 14.3. The molecule has 0 aliphatic rings. The van der Waals surface area contributed by atoms with Gasteiger partial charge >= 0.3 is 0 Å². The number of carbonyl (C=O) groups is 1. The first-order chi connectivity index (χ1) is 8.54. The number of carbonyl (C=O) groups excluding carboxylic acids is 1. The van der Waals surface area contributed by atoms with Crippen molar-refractivity contribution in [1.29, 1.82) is 0 Å². The number of nitrogens with zero attached hydrogens (tertiary/aromatic N) is 1. The highest BCUT2D eigenvalue weighted by molar-refractivity contribution is 7.80. The lowest BCUT2D eigenvalue weighted by Crippen LogP contribution is -2.38. The first-order valence-corrected chi connectivity index (χ1v) is 7.51. The van der Waals surface area contributed by atoms with Crippen molar-refractivity contribution in [3.63, 3.8) is 0 Å². The second kappa shape index (κ2) is 7.83. The summed E-state index contributed by atoms with van der Waals surface area (Å²) in [6.07, 6.45) is 1.20. The minimum absolute atomic E-state index is 0.155. The Morgan fingerprint density at radius 1 is 1.26 bits per heavy atom. The van der Waals surface area contributed by atoms with Crippen LogP contribution >= 0.6 is 12.2 Å². The molecule has 0 saturated carbocycles. The molecule has 0 aromatic heterocycles. The van der Waals surface area contributed by atoms with Gasteiger partial charge in [0.05, 0.1) is 4.99 Å². The molecular formula is C15H30N2OS. The average Bonchev–Trinajstić information content (AvgIpc) is 2.21. The van der Waals surface area contributed by atoms with Crippen molar-refractivity contribution in [3.05, 3.63) is 0 Å². The molecule has 1 unspecified atom stereocenters. The molecule has 0 heterocycles. The fraction of sp³-hybridized carbons (Fsp3) is 0.867. The van der Waals surface area contributed by atoms with E-state index in [0.717, 1.165) is 6.54 Å². The summed E-state index contributed by atoms with van der Waals surface area (Å²) in [5.41, 5.74) is 5.69. The molecule has 0 aromatic carbocycles. The molecular weight excluding hydrogens is 256 g/mol. The van der Waals surface area contributed by atoms with Crippen LogP contribution in [-0.4, -0.2) is 28.9 Å². The Kier molecular flexibility index (Phi) is 7.57. The van der Waals surface area contributed by atoms with Crippen molar-refractivity contribution in [2.45, 2.75) is 54.4 Å². The van der Waals surface area contributed by atoms with E-state index >= 15 is 0 Å². The van der Waals surface area contributed by atoms with E-state index in [2.05, 4.69) is 41.5 Å². The number of amides is 1. The highest BCUT2D eigenvalue weighted by Gasteiger charge is 2.25. The molecule has 0 bridgehead atoms. The van der Waals surface area contributed by atoms with E-state index in [1.54, 1.807) is 0 Å². The van der Waals surface area contributed by atoms with Gasteiger partial charge in [0.1, 0.15) is 0 Å². The van der Waals surface area contributed by atoms with E-state index in [4.69, 9.17) is 18.0 Å². The van der Waals surface area contributed by atoms with Crippen molar-refractivity contribution in [3.8, 4) is 0 Å². The molecule has 1 amide bonds. The average molecular weight is 286 g/mol. The largest absolute Gasteiger partial charge is 0.393 e. The van der Waals surface area contributed by atoms with E-state index in [9.17, 15) is 4.79 Å². The molecule has 3 nitrogen and oxygen atoms in total. The molecule has 0 spiro atoms. The zero-order chi connectivity index (χ0) is 15.2. The third kappa shape index (κ3) is 8.19. The van der Waals surface area contributed by atoms with E-state index in [1.165, 1.54) is 0 Å². The first-order valence-electron chi connectivity index (χ1n) is 7.10. The lowest BCUT2D eigenvalue weighted by Gasteiger charge is -2.30. The summed E-state index contributed by atoms with van der Waals surface area (Å²) in [6, 6.07) is 0. The third-order valence-corrected chi connectivity index (χ3v) is 3.73. The van der Waals surface area contributed by atoms with Gasteiger partial charge in [-0.25, -0.2) is 0 Å². The summed E-state index contributed by atoms with van der Waals surface area (Å²) >= 11 is 4.90. The van der Waals surface area contributed by atoms with Gasteiger partial charge in [-0.3, -0.25) is 4.79 Å². The second-order valence-corrected chi connectivity index (χ2v) is 7.45. The maximum absolute atomic E-state index is 12.4. The summed E-state index contributed by atoms with van der Waals surface area (Å²) < 4.78 is 0. The fourth-order valence-corrected chi connectivity index (χ4v) is 1.79. The molecule has 112 valence electrons. The lowest BCUT2D eigenvalue weighted by atomic mass is 9.80. The normalized spacial score (nSPS) is 13.4. The predicted molar refractivity (Wildman–Crippen MR) is 86.1 cm³/mol. The first kappa shape index (κ1) is 18.4. The third-order valence-electron chi connectivity index (χ3n) is 3.53. The molecule has 0 rings (SSSR count). The van der Waals surface area contributed by atoms with E-state index < -0.39 is 0 Å². The zero-order valence-electron chi connectivity index (χ0n) is 13.3. The van der Waals surface area contributed by atoms with Crippen LogP contribution in [0.25, 0.3) is 0 Å². The Bertz CT molecular complexity index is 308. The zero-order valence-corrected chi connectivity index (χ0v) is 14.1. The van der Waals surface area contributed by atoms with Crippen molar-refractivity contribution in [1.82, 2.24) is 4.90 Å². The summed E-state index contributed by atoms with van der Waals surface area (Å²) in [5, 5.41) is 0. The number of hydrogen-bond acceptors (Lipinski definition) is 2. The minimum atomic E-state index is 0.155. The van der Waals surface area contributed by atoms with Gasteiger partial charge in [0.2, 0.25) is 5.91 Å². The van der Waals surface area contributed by atoms with E-state index in [-0.39, 0.29) is 11.3 Å². The van der Waals surface area contributed by atoms with Gasteiger partial charge in [0.25, 0.3) is 0 Å². The van der Waals surface area contributed by atoms with Crippen LogP contribution in [-0.2, 0) is 4.79 Å².